The van der Waals surface area contributed by atoms with Crippen LogP contribution >= 0.6 is 27.7 Å². The molecule has 21 heavy (non-hydrogen) atoms. The van der Waals surface area contributed by atoms with Crippen molar-refractivity contribution in [3.63, 3.8) is 0 Å². The topological polar surface area (TPSA) is 42.3 Å². The lowest BCUT2D eigenvalue weighted by molar-refractivity contribution is 0.176. The number of methoxy groups -OCH3 is 1. The lowest BCUT2D eigenvalue weighted by atomic mass is 10.0. The molecule has 0 aromatic carbocycles. The number of aromatic nitrogens is 2. The molecule has 0 aliphatic carbocycles. The van der Waals surface area contributed by atoms with E-state index in [-0.39, 0.29) is 6.04 Å². The van der Waals surface area contributed by atoms with Crippen molar-refractivity contribution in [3.05, 3.63) is 16.4 Å². The SMILES string of the molecule is CCNC(c1c(Br)cnn1CCOC)C1CSCCN1C. The lowest BCUT2D eigenvalue weighted by Crippen LogP contribution is -2.48. The minimum absolute atomic E-state index is 0.279. The second-order valence-electron chi connectivity index (χ2n) is 5.25. The minimum atomic E-state index is 0.279. The van der Waals surface area contributed by atoms with Crippen molar-refractivity contribution < 1.29 is 4.74 Å². The summed E-state index contributed by atoms with van der Waals surface area (Å²) in [7, 11) is 3.95. The number of nitrogens with zero attached hydrogens (tertiary/aromatic N) is 3. The summed E-state index contributed by atoms with van der Waals surface area (Å²) in [5.74, 6) is 2.37. The average molecular weight is 377 g/mol. The van der Waals surface area contributed by atoms with Crippen LogP contribution < -0.4 is 5.32 Å². The highest BCUT2D eigenvalue weighted by Gasteiger charge is 2.32. The minimum Gasteiger partial charge on any atom is -0.383 e. The van der Waals surface area contributed by atoms with Crippen molar-refractivity contribution >= 4 is 27.7 Å². The Hall–Kier alpha value is -0.0800. The van der Waals surface area contributed by atoms with Crippen LogP contribution in [-0.2, 0) is 11.3 Å². The van der Waals surface area contributed by atoms with E-state index in [1.54, 1.807) is 7.11 Å². The van der Waals surface area contributed by atoms with Gasteiger partial charge in [0.15, 0.2) is 0 Å². The Bertz CT molecular complexity index is 443. The first-order valence-corrected chi connectivity index (χ1v) is 9.35. The summed E-state index contributed by atoms with van der Waals surface area (Å²) in [5, 5.41) is 8.16. The Balaban J connectivity index is 2.26. The molecule has 2 rings (SSSR count). The number of hydrogen-bond donors (Lipinski definition) is 1. The van der Waals surface area contributed by atoms with Crippen LogP contribution in [0.25, 0.3) is 0 Å². The van der Waals surface area contributed by atoms with Crippen molar-refractivity contribution in [2.24, 2.45) is 0 Å². The van der Waals surface area contributed by atoms with Gasteiger partial charge in [0, 0.05) is 31.2 Å². The fraction of sp³-hybridized carbons (Fsp3) is 0.786. The van der Waals surface area contributed by atoms with Crippen LogP contribution in [0.2, 0.25) is 0 Å². The molecule has 1 fully saturated rings. The molecule has 0 bridgehead atoms. The van der Waals surface area contributed by atoms with Gasteiger partial charge in [0.05, 0.1) is 35.6 Å². The van der Waals surface area contributed by atoms with Gasteiger partial charge >= 0.3 is 0 Å². The van der Waals surface area contributed by atoms with Crippen LogP contribution in [-0.4, -0.2) is 66.1 Å². The number of rotatable bonds is 7. The fourth-order valence-corrected chi connectivity index (χ4v) is 4.54. The molecule has 1 aliphatic rings. The molecule has 5 nitrogen and oxygen atoms in total. The van der Waals surface area contributed by atoms with Gasteiger partial charge in [-0.15, -0.1) is 0 Å². The van der Waals surface area contributed by atoms with E-state index in [0.717, 1.165) is 29.9 Å². The Labute approximate surface area is 139 Å². The van der Waals surface area contributed by atoms with Crippen molar-refractivity contribution in [3.8, 4) is 0 Å². The highest BCUT2D eigenvalue weighted by atomic mass is 79.9. The largest absolute Gasteiger partial charge is 0.383 e. The zero-order chi connectivity index (χ0) is 15.2. The van der Waals surface area contributed by atoms with E-state index in [1.807, 2.05) is 18.0 Å². The predicted octanol–water partition coefficient (Wildman–Crippen LogP) is 1.99. The van der Waals surface area contributed by atoms with Gasteiger partial charge in [-0.25, -0.2) is 0 Å². The molecule has 1 aliphatic heterocycles. The molecule has 0 saturated carbocycles. The Morgan fingerprint density at radius 3 is 3.10 bits per heavy atom. The third-order valence-corrected chi connectivity index (χ3v) is 5.55. The molecule has 0 amide bonds. The summed E-state index contributed by atoms with van der Waals surface area (Å²) in [6.07, 6.45) is 1.89. The molecule has 0 spiro atoms. The normalized spacial score (nSPS) is 21.6. The highest BCUT2D eigenvalue weighted by molar-refractivity contribution is 9.10. The van der Waals surface area contributed by atoms with E-state index in [2.05, 4.69) is 49.9 Å². The molecule has 2 atom stereocenters. The Kier molecular flexibility index (Phi) is 7.01. The third-order valence-electron chi connectivity index (χ3n) is 3.89. The monoisotopic (exact) mass is 376 g/mol. The second kappa shape index (κ2) is 8.53. The number of likely N-dealkylation sites (N-methyl/N-ethyl adjacent to an activating group) is 2. The average Bonchev–Trinajstić information content (AvgIpc) is 2.84. The third kappa shape index (κ3) is 4.22. The standard InChI is InChI=1S/C14H25BrN4OS/c1-4-16-13(12-10-21-8-6-18(12)2)14-11(15)9-17-19(14)5-7-20-3/h9,12-13,16H,4-8,10H2,1-3H3. The van der Waals surface area contributed by atoms with Gasteiger partial charge in [-0.05, 0) is 29.5 Å². The number of halogens is 1. The predicted molar refractivity (Wildman–Crippen MR) is 92.0 cm³/mol. The maximum atomic E-state index is 5.21. The second-order valence-corrected chi connectivity index (χ2v) is 7.26. The van der Waals surface area contributed by atoms with Crippen molar-refractivity contribution in [1.82, 2.24) is 20.0 Å². The van der Waals surface area contributed by atoms with Gasteiger partial charge in [-0.1, -0.05) is 6.92 Å². The zero-order valence-electron chi connectivity index (χ0n) is 13.0. The smallest absolute Gasteiger partial charge is 0.0713 e. The molecule has 7 heteroatoms. The van der Waals surface area contributed by atoms with Gasteiger partial charge in [0.25, 0.3) is 0 Å². The van der Waals surface area contributed by atoms with Crippen molar-refractivity contribution in [2.75, 3.05) is 45.4 Å². The Morgan fingerprint density at radius 2 is 2.43 bits per heavy atom. The molecule has 2 unspecified atom stereocenters. The molecule has 2 heterocycles. The van der Waals surface area contributed by atoms with E-state index >= 15 is 0 Å². The van der Waals surface area contributed by atoms with Crippen LogP contribution in [0.3, 0.4) is 0 Å². The first-order chi connectivity index (χ1) is 10.2. The first kappa shape index (κ1) is 17.3. The maximum absolute atomic E-state index is 5.21. The first-order valence-electron chi connectivity index (χ1n) is 7.40. The molecule has 1 aromatic rings. The van der Waals surface area contributed by atoms with Crippen molar-refractivity contribution in [1.29, 1.82) is 0 Å². The molecule has 1 N–H and O–H groups in total. The summed E-state index contributed by atoms with van der Waals surface area (Å²) >= 11 is 5.71. The number of ether oxygens (including phenoxy) is 1. The van der Waals surface area contributed by atoms with Crippen LogP contribution in [0.15, 0.2) is 10.7 Å². The number of thioether (sulfide) groups is 1. The molecule has 1 aromatic heterocycles. The van der Waals surface area contributed by atoms with Crippen molar-refractivity contribution in [2.45, 2.75) is 25.6 Å². The Morgan fingerprint density at radius 1 is 1.62 bits per heavy atom. The summed E-state index contributed by atoms with van der Waals surface area (Å²) in [5.41, 5.74) is 1.23. The van der Waals surface area contributed by atoms with Gasteiger partial charge < -0.3 is 10.1 Å². The quantitative estimate of drug-likeness (QED) is 0.787. The van der Waals surface area contributed by atoms with E-state index in [4.69, 9.17) is 4.74 Å². The molecular formula is C14H25BrN4OS. The molecule has 1 saturated heterocycles. The molecule has 0 radical (unpaired) electrons. The van der Waals surface area contributed by atoms with Crippen LogP contribution in [0.1, 0.15) is 18.7 Å². The number of nitrogens with one attached hydrogen (secondary N) is 1. The van der Waals surface area contributed by atoms with Crippen LogP contribution in [0.5, 0.6) is 0 Å². The van der Waals surface area contributed by atoms with Crippen LogP contribution in [0, 0.1) is 0 Å². The number of hydrogen-bond acceptors (Lipinski definition) is 5. The van der Waals surface area contributed by atoms with E-state index < -0.39 is 0 Å². The van der Waals surface area contributed by atoms with E-state index in [9.17, 15) is 0 Å². The summed E-state index contributed by atoms with van der Waals surface area (Å²) in [4.78, 5) is 2.46. The molecular weight excluding hydrogens is 352 g/mol. The summed E-state index contributed by atoms with van der Waals surface area (Å²) < 4.78 is 8.35. The lowest BCUT2D eigenvalue weighted by Gasteiger charge is -2.38. The van der Waals surface area contributed by atoms with E-state index in [0.29, 0.717) is 12.6 Å². The zero-order valence-corrected chi connectivity index (χ0v) is 15.4. The summed E-state index contributed by atoms with van der Waals surface area (Å²) in [6, 6.07) is 0.763. The maximum Gasteiger partial charge on any atom is 0.0713 e. The van der Waals surface area contributed by atoms with Gasteiger partial charge in [0.1, 0.15) is 0 Å². The van der Waals surface area contributed by atoms with Gasteiger partial charge in [0.2, 0.25) is 0 Å². The van der Waals surface area contributed by atoms with Gasteiger partial charge in [-0.3, -0.25) is 9.58 Å². The molecule has 120 valence electrons. The summed E-state index contributed by atoms with van der Waals surface area (Å²) in [6.45, 7) is 5.70. The van der Waals surface area contributed by atoms with Crippen LogP contribution in [0.4, 0.5) is 0 Å². The highest BCUT2D eigenvalue weighted by Crippen LogP contribution is 2.31. The fourth-order valence-electron chi connectivity index (χ4n) is 2.73. The van der Waals surface area contributed by atoms with E-state index in [1.165, 1.54) is 11.4 Å². The van der Waals surface area contributed by atoms with Gasteiger partial charge in [-0.2, -0.15) is 16.9 Å².